The van der Waals surface area contributed by atoms with Gasteiger partial charge in [0, 0.05) is 12.8 Å². The van der Waals surface area contributed by atoms with Crippen LogP contribution in [0.1, 0.15) is 284 Å². The fraction of sp³-hybridized carbons (Fsp3) is 0.722. The molecule has 1 N–H and O–H groups in total. The van der Waals surface area contributed by atoms with Gasteiger partial charge in [0.15, 0.2) is 0 Å². The van der Waals surface area contributed by atoms with E-state index >= 15 is 0 Å². The number of ether oxygens (including phenoxy) is 1. The quantitative estimate of drug-likeness (QED) is 0.0212. The number of carbonyl (C=O) groups is 2. The molecule has 0 heterocycles. The number of nitrogens with one attached hydrogen (secondary N) is 1. The molecule has 1 amide bonds. The highest BCUT2D eigenvalue weighted by molar-refractivity contribution is 7.45. The third-order valence-electron chi connectivity index (χ3n) is 14.4. The average molecular weight is 1160 g/mol. The lowest BCUT2D eigenvalue weighted by molar-refractivity contribution is -0.870. The second kappa shape index (κ2) is 60.8. The van der Waals surface area contributed by atoms with Gasteiger partial charge in [-0.1, -0.05) is 272 Å². The third kappa shape index (κ3) is 61.2. The molecule has 0 saturated heterocycles. The Morgan fingerprint density at radius 2 is 0.793 bits per heavy atom. The van der Waals surface area contributed by atoms with E-state index in [2.05, 4.69) is 123 Å². The molecule has 0 aliphatic rings. The largest absolute Gasteiger partial charge is 0.756 e. The number of hydrogen-bond donors (Lipinski definition) is 1. The van der Waals surface area contributed by atoms with Gasteiger partial charge >= 0.3 is 5.97 Å². The van der Waals surface area contributed by atoms with E-state index in [1.54, 1.807) is 0 Å². The van der Waals surface area contributed by atoms with Crippen molar-refractivity contribution in [3.05, 3.63) is 109 Å². The van der Waals surface area contributed by atoms with Gasteiger partial charge in [0.2, 0.25) is 5.91 Å². The summed E-state index contributed by atoms with van der Waals surface area (Å²) in [7, 11) is 1.14. The average Bonchev–Trinajstić information content (AvgIpc) is 3.44. The molecule has 0 radical (unpaired) electrons. The molecular formula is C72H127N2O7P. The molecule has 0 rings (SSSR count). The molecule has 10 heteroatoms. The Labute approximate surface area is 506 Å². The van der Waals surface area contributed by atoms with Crippen molar-refractivity contribution in [1.29, 1.82) is 0 Å². The Morgan fingerprint density at radius 1 is 0.439 bits per heavy atom. The standard InChI is InChI=1S/C72H127N2O7P/c1-7-10-13-16-19-22-25-28-30-32-33-34-35-36-37-38-39-40-41-43-45-47-50-53-56-59-62-65-72(76)81-70(63-60-57-54-51-48-27-24-21-18-15-12-9-3)69(68-80-82(77,78)79-67-66-74(4,5)6)73-71(75)64-61-58-55-52-49-46-44-42-31-29-26-23-20-17-14-11-8-2/h11,14,19-20,22-23,28-31,33-34,44,46,52,55,60,63,69-70H,7-10,12-13,15-18,21,24-27,32,35-43,45,47-51,53-54,56-59,61-62,64-68H2,1-6H3,(H-,73,75,77,78)/b14-11-,22-19-,23-20-,30-28-,31-29-,34-33-,46-44-,55-52-,63-60-. The van der Waals surface area contributed by atoms with Crippen molar-refractivity contribution in [3.63, 3.8) is 0 Å². The van der Waals surface area contributed by atoms with Crippen molar-refractivity contribution in [2.75, 3.05) is 40.9 Å². The highest BCUT2D eigenvalue weighted by atomic mass is 31.2. The van der Waals surface area contributed by atoms with E-state index in [4.69, 9.17) is 13.8 Å². The predicted octanol–water partition coefficient (Wildman–Crippen LogP) is 20.7. The lowest BCUT2D eigenvalue weighted by atomic mass is 10.0. The molecule has 0 aliphatic carbocycles. The van der Waals surface area contributed by atoms with E-state index in [0.717, 1.165) is 89.9 Å². The van der Waals surface area contributed by atoms with E-state index in [9.17, 15) is 19.0 Å². The fourth-order valence-corrected chi connectivity index (χ4v) is 9.99. The van der Waals surface area contributed by atoms with Crippen LogP contribution in [0.5, 0.6) is 0 Å². The number of unbranched alkanes of at least 4 members (excludes halogenated alkanes) is 28. The monoisotopic (exact) mass is 1160 g/mol. The van der Waals surface area contributed by atoms with Gasteiger partial charge in [-0.2, -0.15) is 0 Å². The molecule has 0 aromatic rings. The van der Waals surface area contributed by atoms with Crippen LogP contribution in [0.3, 0.4) is 0 Å². The molecule has 9 nitrogen and oxygen atoms in total. The molecule has 3 atom stereocenters. The number of hydrogen-bond acceptors (Lipinski definition) is 7. The Bertz CT molecular complexity index is 1770. The van der Waals surface area contributed by atoms with Crippen LogP contribution in [0.25, 0.3) is 0 Å². The summed E-state index contributed by atoms with van der Waals surface area (Å²) in [6.07, 6.45) is 83.7. The van der Waals surface area contributed by atoms with Crippen molar-refractivity contribution >= 4 is 19.7 Å². The minimum Gasteiger partial charge on any atom is -0.756 e. The van der Waals surface area contributed by atoms with Crippen LogP contribution in [0.2, 0.25) is 0 Å². The number of phosphoric acid groups is 1. The molecule has 0 aliphatic heterocycles. The first-order valence-electron chi connectivity index (χ1n) is 33.7. The van der Waals surface area contributed by atoms with Gasteiger partial charge in [-0.3, -0.25) is 14.2 Å². The van der Waals surface area contributed by atoms with Crippen LogP contribution in [-0.4, -0.2) is 69.4 Å². The smallest absolute Gasteiger partial charge is 0.306 e. The minimum atomic E-state index is -4.72. The summed E-state index contributed by atoms with van der Waals surface area (Å²) in [5.74, 6) is -0.611. The van der Waals surface area contributed by atoms with Gasteiger partial charge in [0.1, 0.15) is 19.3 Å². The van der Waals surface area contributed by atoms with Gasteiger partial charge in [0.25, 0.3) is 7.82 Å². The second-order valence-corrected chi connectivity index (χ2v) is 25.0. The van der Waals surface area contributed by atoms with Gasteiger partial charge in [0.05, 0.1) is 33.8 Å². The van der Waals surface area contributed by atoms with Crippen LogP contribution in [-0.2, 0) is 27.9 Å². The Kier molecular flexibility index (Phi) is 58.3. The Balaban J connectivity index is 5.13. The van der Waals surface area contributed by atoms with Crippen molar-refractivity contribution in [2.24, 2.45) is 0 Å². The van der Waals surface area contributed by atoms with Gasteiger partial charge in [-0.25, -0.2) is 0 Å². The van der Waals surface area contributed by atoms with Crippen LogP contribution in [0.4, 0.5) is 0 Å². The summed E-state index contributed by atoms with van der Waals surface area (Å²) in [5.41, 5.74) is 0. The molecule has 472 valence electrons. The highest BCUT2D eigenvalue weighted by Crippen LogP contribution is 2.38. The van der Waals surface area contributed by atoms with Crippen LogP contribution >= 0.6 is 7.82 Å². The zero-order chi connectivity index (χ0) is 60.0. The lowest BCUT2D eigenvalue weighted by Gasteiger charge is -2.30. The molecule has 0 aromatic heterocycles. The van der Waals surface area contributed by atoms with Crippen LogP contribution in [0.15, 0.2) is 109 Å². The summed E-state index contributed by atoms with van der Waals surface area (Å²) in [4.78, 5) is 40.1. The zero-order valence-corrected chi connectivity index (χ0v) is 54.8. The first-order valence-corrected chi connectivity index (χ1v) is 35.2. The normalized spacial score (nSPS) is 14.3. The molecule has 0 fully saturated rings. The number of esters is 1. The van der Waals surface area contributed by atoms with Gasteiger partial charge in [-0.05, 0) is 109 Å². The lowest BCUT2D eigenvalue weighted by Crippen LogP contribution is -2.47. The maximum atomic E-state index is 13.5. The maximum Gasteiger partial charge on any atom is 0.306 e. The van der Waals surface area contributed by atoms with Crippen molar-refractivity contribution in [1.82, 2.24) is 5.32 Å². The number of nitrogens with zero attached hydrogens (tertiary/aromatic N) is 1. The summed E-state index contributed by atoms with van der Waals surface area (Å²) in [6.45, 7) is 6.66. The van der Waals surface area contributed by atoms with E-state index in [0.29, 0.717) is 17.4 Å². The predicted molar refractivity (Wildman–Crippen MR) is 353 cm³/mol. The third-order valence-corrected chi connectivity index (χ3v) is 15.4. The van der Waals surface area contributed by atoms with Crippen LogP contribution in [0, 0.1) is 0 Å². The van der Waals surface area contributed by atoms with Crippen molar-refractivity contribution in [2.45, 2.75) is 296 Å². The molecule has 0 spiro atoms. The zero-order valence-electron chi connectivity index (χ0n) is 53.9. The summed E-state index contributed by atoms with van der Waals surface area (Å²) >= 11 is 0. The SMILES string of the molecule is CC/C=C\C/C=C\C/C=C\C/C=C\C/C=C\CCCC(=O)NC(COP(=O)([O-])OCC[N+](C)(C)C)C(/C=C\CCCCCCCCCCCC)OC(=O)CCCCCCCCCCCCCCCC/C=C\C/C=C\C/C=C\CCCCC. The molecule has 0 aromatic carbocycles. The van der Waals surface area contributed by atoms with E-state index in [-0.39, 0.29) is 31.3 Å². The summed E-state index contributed by atoms with van der Waals surface area (Å²) in [6, 6.07) is -0.924. The Hall–Kier alpha value is -3.33. The van der Waals surface area contributed by atoms with Gasteiger partial charge in [-0.15, -0.1) is 0 Å². The number of carbonyl (C=O) groups excluding carboxylic acids is 2. The fourth-order valence-electron chi connectivity index (χ4n) is 9.27. The first-order chi connectivity index (χ1) is 39.9. The molecule has 3 unspecified atom stereocenters. The molecule has 0 bridgehead atoms. The number of phosphoric ester groups is 1. The van der Waals surface area contributed by atoms with Gasteiger partial charge < -0.3 is 28.5 Å². The van der Waals surface area contributed by atoms with Crippen molar-refractivity contribution < 1.29 is 37.3 Å². The van der Waals surface area contributed by atoms with E-state index in [1.807, 2.05) is 33.3 Å². The first kappa shape index (κ1) is 78.7. The molecule has 82 heavy (non-hydrogen) atoms. The number of rotatable bonds is 60. The second-order valence-electron chi connectivity index (χ2n) is 23.6. The number of allylic oxidation sites excluding steroid dienone is 17. The van der Waals surface area contributed by atoms with E-state index in [1.165, 1.54) is 154 Å². The topological polar surface area (TPSA) is 114 Å². The van der Waals surface area contributed by atoms with E-state index < -0.39 is 26.6 Å². The number of quaternary nitrogens is 1. The molecular weight excluding hydrogens is 1040 g/mol. The maximum absolute atomic E-state index is 13.5. The molecule has 0 saturated carbocycles. The Morgan fingerprint density at radius 3 is 1.22 bits per heavy atom. The number of amides is 1. The summed E-state index contributed by atoms with van der Waals surface area (Å²) in [5, 5.41) is 3.00. The minimum absolute atomic E-state index is 0.0373. The van der Waals surface area contributed by atoms with Crippen LogP contribution < -0.4 is 10.2 Å². The van der Waals surface area contributed by atoms with Crippen molar-refractivity contribution in [3.8, 4) is 0 Å². The summed E-state index contributed by atoms with van der Waals surface area (Å²) < 4.78 is 30.3. The highest BCUT2D eigenvalue weighted by Gasteiger charge is 2.27. The number of likely N-dealkylation sites (N-methyl/N-ethyl adjacent to an activating group) is 1.